The van der Waals surface area contributed by atoms with Gasteiger partial charge in [-0.25, -0.2) is 14.4 Å². The molecule has 0 spiro atoms. The zero-order chi connectivity index (χ0) is 20.9. The maximum atomic E-state index is 13.9. The SMILES string of the molecule is C[C@@H](Sc1nc(CN2CCOCC2)nc2ccccc12)C(=O)Nc1ccccc1F. The van der Waals surface area contributed by atoms with Crippen LogP contribution in [0.2, 0.25) is 0 Å². The minimum absolute atomic E-state index is 0.176. The molecule has 2 aromatic carbocycles. The Labute approximate surface area is 178 Å². The largest absolute Gasteiger partial charge is 0.379 e. The first-order chi connectivity index (χ1) is 14.6. The number of carbonyl (C=O) groups is 1. The van der Waals surface area contributed by atoms with E-state index >= 15 is 0 Å². The summed E-state index contributed by atoms with van der Waals surface area (Å²) < 4.78 is 19.3. The number of rotatable bonds is 6. The summed E-state index contributed by atoms with van der Waals surface area (Å²) in [5.41, 5.74) is 1.02. The Bertz CT molecular complexity index is 1040. The second-order valence-electron chi connectivity index (χ2n) is 7.08. The number of hydrogen-bond acceptors (Lipinski definition) is 6. The zero-order valence-corrected chi connectivity index (χ0v) is 17.5. The molecule has 2 heterocycles. The molecule has 0 saturated carbocycles. The van der Waals surface area contributed by atoms with Crippen molar-refractivity contribution in [3.8, 4) is 0 Å². The lowest BCUT2D eigenvalue weighted by atomic mass is 10.2. The van der Waals surface area contributed by atoms with Crippen LogP contribution in [-0.4, -0.2) is 52.3 Å². The number of carbonyl (C=O) groups excluding carboxylic acids is 1. The highest BCUT2D eigenvalue weighted by molar-refractivity contribution is 8.00. The van der Waals surface area contributed by atoms with E-state index in [4.69, 9.17) is 14.7 Å². The molecule has 156 valence electrons. The fourth-order valence-corrected chi connectivity index (χ4v) is 4.19. The van der Waals surface area contributed by atoms with E-state index in [1.54, 1.807) is 25.1 Å². The molecule has 0 unspecified atom stereocenters. The number of ether oxygens (including phenoxy) is 1. The number of benzene rings is 2. The van der Waals surface area contributed by atoms with Crippen molar-refractivity contribution in [2.75, 3.05) is 31.6 Å². The molecule has 1 fully saturated rings. The Morgan fingerprint density at radius 1 is 1.17 bits per heavy atom. The molecule has 0 aliphatic carbocycles. The highest BCUT2D eigenvalue weighted by atomic mass is 32.2. The first-order valence-corrected chi connectivity index (χ1v) is 10.8. The predicted molar refractivity (Wildman–Crippen MR) is 116 cm³/mol. The molecular formula is C22H23FN4O2S. The fraction of sp³-hybridized carbons (Fsp3) is 0.318. The van der Waals surface area contributed by atoms with Crippen LogP contribution < -0.4 is 5.32 Å². The van der Waals surface area contributed by atoms with Crippen LogP contribution in [0, 0.1) is 5.82 Å². The second-order valence-corrected chi connectivity index (χ2v) is 8.41. The number of hydrogen-bond donors (Lipinski definition) is 1. The van der Waals surface area contributed by atoms with Gasteiger partial charge in [-0.05, 0) is 25.1 Å². The van der Waals surface area contributed by atoms with Gasteiger partial charge in [0.2, 0.25) is 5.91 Å². The van der Waals surface area contributed by atoms with E-state index in [1.165, 1.54) is 17.8 Å². The zero-order valence-electron chi connectivity index (χ0n) is 16.7. The van der Waals surface area contributed by atoms with E-state index in [2.05, 4.69) is 10.2 Å². The number of nitrogens with one attached hydrogen (secondary N) is 1. The smallest absolute Gasteiger partial charge is 0.237 e. The number of thioether (sulfide) groups is 1. The Kier molecular flexibility index (Phi) is 6.56. The monoisotopic (exact) mass is 426 g/mol. The maximum Gasteiger partial charge on any atom is 0.237 e. The van der Waals surface area contributed by atoms with Crippen molar-refractivity contribution in [1.82, 2.24) is 14.9 Å². The van der Waals surface area contributed by atoms with Gasteiger partial charge in [0.1, 0.15) is 16.7 Å². The Morgan fingerprint density at radius 2 is 1.90 bits per heavy atom. The molecule has 0 bridgehead atoms. The fourth-order valence-electron chi connectivity index (χ4n) is 3.23. The minimum atomic E-state index is -0.459. The summed E-state index contributed by atoms with van der Waals surface area (Å²) in [7, 11) is 0. The Balaban J connectivity index is 1.54. The normalized spacial score (nSPS) is 15.8. The quantitative estimate of drug-likeness (QED) is 0.479. The molecule has 1 N–H and O–H groups in total. The molecule has 30 heavy (non-hydrogen) atoms. The van der Waals surface area contributed by atoms with Gasteiger partial charge < -0.3 is 10.1 Å². The molecule has 0 radical (unpaired) electrons. The third-order valence-electron chi connectivity index (χ3n) is 4.87. The summed E-state index contributed by atoms with van der Waals surface area (Å²) in [6.07, 6.45) is 0. The van der Waals surface area contributed by atoms with Crippen molar-refractivity contribution < 1.29 is 13.9 Å². The predicted octanol–water partition coefficient (Wildman–Crippen LogP) is 3.72. The molecule has 6 nitrogen and oxygen atoms in total. The summed E-state index contributed by atoms with van der Waals surface area (Å²) >= 11 is 1.35. The molecule has 1 aromatic heterocycles. The molecule has 4 rings (SSSR count). The Morgan fingerprint density at radius 3 is 2.70 bits per heavy atom. The third-order valence-corrected chi connectivity index (χ3v) is 5.97. The van der Waals surface area contributed by atoms with Crippen LogP contribution in [0.3, 0.4) is 0 Å². The van der Waals surface area contributed by atoms with Crippen molar-refractivity contribution in [3.05, 3.63) is 60.2 Å². The highest BCUT2D eigenvalue weighted by Gasteiger charge is 2.20. The van der Waals surface area contributed by atoms with Crippen LogP contribution in [0.15, 0.2) is 53.6 Å². The average molecular weight is 427 g/mol. The van der Waals surface area contributed by atoms with Crippen LogP contribution in [0.25, 0.3) is 10.9 Å². The number of morpholine rings is 1. The van der Waals surface area contributed by atoms with Gasteiger partial charge in [0, 0.05) is 18.5 Å². The third kappa shape index (κ3) is 4.95. The lowest BCUT2D eigenvalue weighted by Crippen LogP contribution is -2.36. The second kappa shape index (κ2) is 9.51. The van der Waals surface area contributed by atoms with Gasteiger partial charge in [0.15, 0.2) is 0 Å². The van der Waals surface area contributed by atoms with E-state index in [9.17, 15) is 9.18 Å². The van der Waals surface area contributed by atoms with E-state index in [0.29, 0.717) is 19.8 Å². The standard InChI is InChI=1S/C22H23FN4O2S/c1-15(21(28)25-19-9-5-3-7-17(19)23)30-22-16-6-2-4-8-18(16)24-20(26-22)14-27-10-12-29-13-11-27/h2-9,15H,10-14H2,1H3,(H,25,28)/t15-/m1/s1. The van der Waals surface area contributed by atoms with Gasteiger partial charge in [-0.15, -0.1) is 0 Å². The first-order valence-electron chi connectivity index (χ1n) is 9.88. The summed E-state index contributed by atoms with van der Waals surface area (Å²) in [6.45, 7) is 5.54. The molecule has 1 aliphatic heterocycles. The van der Waals surface area contributed by atoms with E-state index in [1.807, 2.05) is 24.3 Å². The van der Waals surface area contributed by atoms with Crippen molar-refractivity contribution in [2.45, 2.75) is 23.7 Å². The number of fused-ring (bicyclic) bond motifs is 1. The van der Waals surface area contributed by atoms with Crippen LogP contribution in [0.4, 0.5) is 10.1 Å². The highest BCUT2D eigenvalue weighted by Crippen LogP contribution is 2.29. The van der Waals surface area contributed by atoms with Crippen molar-refractivity contribution >= 4 is 34.3 Å². The van der Waals surface area contributed by atoms with Crippen LogP contribution in [0.5, 0.6) is 0 Å². The number of halogens is 1. The molecule has 8 heteroatoms. The molecule has 3 aromatic rings. The van der Waals surface area contributed by atoms with Gasteiger partial charge in [-0.2, -0.15) is 0 Å². The lowest BCUT2D eigenvalue weighted by molar-refractivity contribution is -0.115. The number of aromatic nitrogens is 2. The number of para-hydroxylation sites is 2. The molecule has 1 aliphatic rings. The molecule has 1 atom stereocenters. The number of amides is 1. The number of anilines is 1. The summed E-state index contributed by atoms with van der Waals surface area (Å²) in [5, 5.41) is 3.85. The lowest BCUT2D eigenvalue weighted by Gasteiger charge is -2.26. The van der Waals surface area contributed by atoms with Crippen LogP contribution in [0.1, 0.15) is 12.7 Å². The molecule has 1 saturated heterocycles. The van der Waals surface area contributed by atoms with Gasteiger partial charge in [-0.1, -0.05) is 42.1 Å². The van der Waals surface area contributed by atoms with E-state index < -0.39 is 11.1 Å². The van der Waals surface area contributed by atoms with Gasteiger partial charge in [-0.3, -0.25) is 9.69 Å². The van der Waals surface area contributed by atoms with Gasteiger partial charge in [0.25, 0.3) is 0 Å². The van der Waals surface area contributed by atoms with Gasteiger partial charge in [0.05, 0.1) is 36.2 Å². The van der Waals surface area contributed by atoms with Crippen molar-refractivity contribution in [1.29, 1.82) is 0 Å². The van der Waals surface area contributed by atoms with Crippen molar-refractivity contribution in [3.63, 3.8) is 0 Å². The van der Waals surface area contributed by atoms with E-state index in [-0.39, 0.29) is 11.6 Å². The maximum absolute atomic E-state index is 13.9. The summed E-state index contributed by atoms with van der Waals surface area (Å²) in [5.74, 6) is -0.00864. The van der Waals surface area contributed by atoms with E-state index in [0.717, 1.165) is 34.8 Å². The number of nitrogens with zero attached hydrogens (tertiary/aromatic N) is 3. The van der Waals surface area contributed by atoms with Crippen molar-refractivity contribution in [2.24, 2.45) is 0 Å². The average Bonchev–Trinajstić information content (AvgIpc) is 2.76. The summed E-state index contributed by atoms with van der Waals surface area (Å²) in [6, 6.07) is 13.9. The molecule has 1 amide bonds. The molecular weight excluding hydrogens is 403 g/mol. The summed E-state index contributed by atoms with van der Waals surface area (Å²) in [4.78, 5) is 24.4. The van der Waals surface area contributed by atoms with Crippen LogP contribution in [-0.2, 0) is 16.1 Å². The first kappa shape index (κ1) is 20.7. The van der Waals surface area contributed by atoms with Gasteiger partial charge >= 0.3 is 0 Å². The minimum Gasteiger partial charge on any atom is -0.379 e. The topological polar surface area (TPSA) is 67.3 Å². The van der Waals surface area contributed by atoms with Crippen LogP contribution >= 0.6 is 11.8 Å². The Hall–Kier alpha value is -2.55.